The third-order valence-corrected chi connectivity index (χ3v) is 7.82. The molecule has 2 unspecified atom stereocenters. The molecule has 5 rings (SSSR count). The summed E-state index contributed by atoms with van der Waals surface area (Å²) in [6, 6.07) is 25.1. The van der Waals surface area contributed by atoms with E-state index in [1.165, 1.54) is 19.6 Å². The van der Waals surface area contributed by atoms with Gasteiger partial charge in [0, 0.05) is 19.6 Å². The van der Waals surface area contributed by atoms with Gasteiger partial charge in [0.1, 0.15) is 11.4 Å². The third kappa shape index (κ3) is 2.18. The Kier molecular flexibility index (Phi) is 3.24. The quantitative estimate of drug-likeness (QED) is 0.492. The fourth-order valence-electron chi connectivity index (χ4n) is 2.85. The van der Waals surface area contributed by atoms with E-state index in [1.807, 2.05) is 24.3 Å². The van der Waals surface area contributed by atoms with Gasteiger partial charge >= 0.3 is 0 Å². The Morgan fingerprint density at radius 1 is 0.500 bits per heavy atom. The standard InChI is InChI=1S/C18H14N4S2/c1-3-7-17-15(5-1)19-21-23(17)13-9-11-14(12-10-13)24-18-8-4-2-6-16(18)20-22-24/h1-12,23-24H. The van der Waals surface area contributed by atoms with Crippen LogP contribution in [0.15, 0.2) is 112 Å². The average Bonchev–Trinajstić information content (AvgIpc) is 3.26. The average molecular weight is 350 g/mol. The number of thiol groups is 2. The summed E-state index contributed by atoms with van der Waals surface area (Å²) < 4.78 is 8.98. The first kappa shape index (κ1) is 13.9. The van der Waals surface area contributed by atoms with Gasteiger partial charge in [0.05, 0.1) is 0 Å². The molecular weight excluding hydrogens is 336 g/mol. The maximum atomic E-state index is 4.49. The lowest BCUT2D eigenvalue weighted by molar-refractivity contribution is 1.31. The van der Waals surface area contributed by atoms with Crippen LogP contribution in [0.3, 0.4) is 0 Å². The van der Waals surface area contributed by atoms with Crippen LogP contribution in [0.4, 0.5) is 11.4 Å². The molecule has 6 heteroatoms. The highest BCUT2D eigenvalue weighted by Gasteiger charge is 2.21. The summed E-state index contributed by atoms with van der Waals surface area (Å²) in [6.45, 7) is 0. The Morgan fingerprint density at radius 3 is 1.38 bits per heavy atom. The molecular formula is C18H14N4S2. The first-order valence-electron chi connectivity index (χ1n) is 7.62. The lowest BCUT2D eigenvalue weighted by atomic mass is 10.3. The summed E-state index contributed by atoms with van der Waals surface area (Å²) in [7, 11) is 0. The molecule has 118 valence electrons. The van der Waals surface area contributed by atoms with E-state index in [9.17, 15) is 0 Å². The number of hydrogen-bond acceptors (Lipinski definition) is 4. The van der Waals surface area contributed by atoms with E-state index in [0.717, 1.165) is 11.4 Å². The molecule has 0 N–H and O–H groups in total. The van der Waals surface area contributed by atoms with Crippen LogP contribution < -0.4 is 0 Å². The summed E-state index contributed by atoms with van der Waals surface area (Å²) in [6.07, 6.45) is 0. The van der Waals surface area contributed by atoms with Crippen LogP contribution in [0.25, 0.3) is 0 Å². The second-order valence-electron chi connectivity index (χ2n) is 5.50. The Labute approximate surface area is 145 Å². The smallest absolute Gasteiger partial charge is 0.100 e. The van der Waals surface area contributed by atoms with Crippen molar-refractivity contribution in [2.45, 2.75) is 19.6 Å². The molecule has 0 saturated heterocycles. The predicted molar refractivity (Wildman–Crippen MR) is 99.4 cm³/mol. The Morgan fingerprint density at radius 2 is 0.917 bits per heavy atom. The SMILES string of the molecule is c1ccc2c(c1)N=N[SH]2c1ccc([SH]2N=Nc3ccccc32)cc1. The highest BCUT2D eigenvalue weighted by atomic mass is 32.2. The Hall–Kier alpha value is -2.44. The normalized spacial score (nSPS) is 23.2. The van der Waals surface area contributed by atoms with E-state index < -0.39 is 22.2 Å². The molecule has 2 aliphatic rings. The van der Waals surface area contributed by atoms with Gasteiger partial charge in [-0.05, 0) is 48.5 Å². The maximum absolute atomic E-state index is 4.49. The molecule has 3 aromatic rings. The molecule has 3 aromatic carbocycles. The van der Waals surface area contributed by atoms with Crippen LogP contribution in [0.5, 0.6) is 0 Å². The van der Waals surface area contributed by atoms with Gasteiger partial charge in [0.2, 0.25) is 0 Å². The molecule has 0 spiro atoms. The zero-order valence-electron chi connectivity index (χ0n) is 12.6. The van der Waals surface area contributed by atoms with Gasteiger partial charge in [-0.1, -0.05) is 46.4 Å². The zero-order chi connectivity index (χ0) is 15.9. The lowest BCUT2D eigenvalue weighted by Gasteiger charge is -2.15. The summed E-state index contributed by atoms with van der Waals surface area (Å²) in [5.41, 5.74) is 1.99. The van der Waals surface area contributed by atoms with Gasteiger partial charge in [0.15, 0.2) is 0 Å². The number of rotatable bonds is 2. The fraction of sp³-hybridized carbons (Fsp3) is 0. The monoisotopic (exact) mass is 350 g/mol. The molecule has 0 fully saturated rings. The fourth-order valence-corrected chi connectivity index (χ4v) is 6.17. The van der Waals surface area contributed by atoms with Crippen molar-refractivity contribution >= 4 is 33.5 Å². The van der Waals surface area contributed by atoms with E-state index in [0.29, 0.717) is 0 Å². The molecule has 0 radical (unpaired) electrons. The highest BCUT2D eigenvalue weighted by Crippen LogP contribution is 2.57. The molecule has 0 saturated carbocycles. The molecule has 2 heterocycles. The van der Waals surface area contributed by atoms with Gasteiger partial charge in [-0.3, -0.25) is 0 Å². The molecule has 0 bridgehead atoms. The summed E-state index contributed by atoms with van der Waals surface area (Å²) >= 11 is -1.44. The van der Waals surface area contributed by atoms with Crippen molar-refractivity contribution in [1.29, 1.82) is 0 Å². The van der Waals surface area contributed by atoms with Crippen LogP contribution in [-0.4, -0.2) is 0 Å². The largest absolute Gasteiger partial charge is 0.144 e. The molecule has 24 heavy (non-hydrogen) atoms. The molecule has 0 aromatic heterocycles. The zero-order valence-corrected chi connectivity index (χ0v) is 14.4. The number of benzene rings is 3. The lowest BCUT2D eigenvalue weighted by Crippen LogP contribution is -1.83. The van der Waals surface area contributed by atoms with Crippen molar-refractivity contribution in [3.8, 4) is 0 Å². The van der Waals surface area contributed by atoms with Gasteiger partial charge in [0.25, 0.3) is 0 Å². The van der Waals surface area contributed by atoms with E-state index >= 15 is 0 Å². The number of hydrogen-bond donors (Lipinski definition) is 2. The van der Waals surface area contributed by atoms with Gasteiger partial charge in [-0.2, -0.15) is 0 Å². The van der Waals surface area contributed by atoms with E-state index in [2.05, 4.69) is 67.8 Å². The minimum Gasteiger partial charge on any atom is -0.144 e. The van der Waals surface area contributed by atoms with Crippen LogP contribution in [0.1, 0.15) is 0 Å². The molecule has 0 amide bonds. The maximum Gasteiger partial charge on any atom is 0.100 e. The van der Waals surface area contributed by atoms with E-state index in [1.54, 1.807) is 0 Å². The minimum atomic E-state index is -0.722. The van der Waals surface area contributed by atoms with Gasteiger partial charge in [-0.15, -0.1) is 19.3 Å². The second kappa shape index (κ2) is 5.58. The van der Waals surface area contributed by atoms with Crippen molar-refractivity contribution in [2.75, 3.05) is 0 Å². The van der Waals surface area contributed by atoms with Gasteiger partial charge in [-0.25, -0.2) is 0 Å². The number of nitrogens with zero attached hydrogens (tertiary/aromatic N) is 4. The minimum absolute atomic E-state index is 0.722. The van der Waals surface area contributed by atoms with Crippen LogP contribution in [0, 0.1) is 0 Å². The Bertz CT molecular complexity index is 902. The molecule has 2 atom stereocenters. The van der Waals surface area contributed by atoms with Crippen molar-refractivity contribution in [3.63, 3.8) is 0 Å². The topological polar surface area (TPSA) is 49.4 Å². The van der Waals surface area contributed by atoms with E-state index in [-0.39, 0.29) is 0 Å². The highest BCUT2D eigenvalue weighted by molar-refractivity contribution is 8.16. The third-order valence-electron chi connectivity index (χ3n) is 4.04. The molecule has 0 aliphatic carbocycles. The summed E-state index contributed by atoms with van der Waals surface area (Å²) in [4.78, 5) is 4.91. The van der Waals surface area contributed by atoms with Gasteiger partial charge < -0.3 is 0 Å². The van der Waals surface area contributed by atoms with E-state index in [4.69, 9.17) is 0 Å². The second-order valence-corrected chi connectivity index (χ2v) is 9.10. The van der Waals surface area contributed by atoms with Crippen molar-refractivity contribution in [2.24, 2.45) is 19.3 Å². The molecule has 2 aliphatic heterocycles. The first-order chi connectivity index (χ1) is 11.9. The summed E-state index contributed by atoms with van der Waals surface area (Å²) in [5, 5.41) is 8.62. The van der Waals surface area contributed by atoms with Crippen molar-refractivity contribution < 1.29 is 0 Å². The van der Waals surface area contributed by atoms with Crippen LogP contribution >= 0.6 is 22.2 Å². The van der Waals surface area contributed by atoms with Crippen molar-refractivity contribution in [3.05, 3.63) is 72.8 Å². The summed E-state index contributed by atoms with van der Waals surface area (Å²) in [5.74, 6) is 0. The first-order valence-corrected chi connectivity index (χ1v) is 10.2. The Balaban J connectivity index is 1.47. The molecule has 4 nitrogen and oxygen atoms in total. The van der Waals surface area contributed by atoms with Crippen LogP contribution in [-0.2, 0) is 0 Å². The van der Waals surface area contributed by atoms with Crippen molar-refractivity contribution in [1.82, 2.24) is 0 Å². The predicted octanol–water partition coefficient (Wildman–Crippen LogP) is 6.55. The van der Waals surface area contributed by atoms with Crippen LogP contribution in [0.2, 0.25) is 0 Å². The number of fused-ring (bicyclic) bond motifs is 2.